The van der Waals surface area contributed by atoms with Gasteiger partial charge in [0, 0.05) is 4.88 Å². The highest BCUT2D eigenvalue weighted by Gasteiger charge is 2.20. The van der Waals surface area contributed by atoms with Crippen LogP contribution >= 0.6 is 11.3 Å². The van der Waals surface area contributed by atoms with Crippen molar-refractivity contribution in [2.75, 3.05) is 12.8 Å². The van der Waals surface area contributed by atoms with Crippen molar-refractivity contribution in [3.8, 4) is 0 Å². The number of rotatable bonds is 2. The minimum atomic E-state index is -0.344. The van der Waals surface area contributed by atoms with Crippen LogP contribution in [0.4, 0.5) is 5.00 Å². The van der Waals surface area contributed by atoms with E-state index in [4.69, 9.17) is 5.73 Å². The van der Waals surface area contributed by atoms with Gasteiger partial charge in [-0.3, -0.25) is 0 Å². The Balaban J connectivity index is 3.24. The Kier molecular flexibility index (Phi) is 3.16. The van der Waals surface area contributed by atoms with Crippen LogP contribution in [0.5, 0.6) is 0 Å². The Morgan fingerprint density at radius 2 is 2.07 bits per heavy atom. The molecule has 0 atom stereocenters. The molecule has 14 heavy (non-hydrogen) atoms. The number of esters is 1. The number of anilines is 1. The van der Waals surface area contributed by atoms with Crippen molar-refractivity contribution in [1.82, 2.24) is 0 Å². The lowest BCUT2D eigenvalue weighted by Crippen LogP contribution is -2.04. The van der Waals surface area contributed by atoms with Crippen LogP contribution in [0.25, 0.3) is 0 Å². The third kappa shape index (κ3) is 1.75. The van der Waals surface area contributed by atoms with E-state index < -0.39 is 0 Å². The third-order valence-electron chi connectivity index (χ3n) is 2.12. The maximum absolute atomic E-state index is 11.4. The Labute approximate surface area is 87.9 Å². The molecule has 0 bridgehead atoms. The number of hydrogen-bond donors (Lipinski definition) is 1. The first kappa shape index (κ1) is 11.0. The first-order valence-electron chi connectivity index (χ1n) is 4.46. The molecule has 0 saturated carbocycles. The van der Waals surface area contributed by atoms with Gasteiger partial charge in [0.25, 0.3) is 0 Å². The molecule has 0 aromatic carbocycles. The van der Waals surface area contributed by atoms with Crippen molar-refractivity contribution in [3.05, 3.63) is 16.0 Å². The van der Waals surface area contributed by atoms with E-state index in [2.05, 4.69) is 18.6 Å². The maximum atomic E-state index is 11.4. The molecule has 0 aliphatic carbocycles. The SMILES string of the molecule is COC(=O)c1c(N)sc(C(C)C)c1C. The van der Waals surface area contributed by atoms with Crippen LogP contribution in [-0.2, 0) is 4.74 Å². The second-order valence-corrected chi connectivity index (χ2v) is 4.56. The summed E-state index contributed by atoms with van der Waals surface area (Å²) in [6.45, 7) is 6.08. The molecule has 0 amide bonds. The van der Waals surface area contributed by atoms with Gasteiger partial charge in [-0.05, 0) is 18.4 Å². The fourth-order valence-electron chi connectivity index (χ4n) is 1.46. The molecule has 1 rings (SSSR count). The molecular weight excluding hydrogens is 198 g/mol. The number of carbonyl (C=O) groups excluding carboxylic acids is 1. The van der Waals surface area contributed by atoms with Gasteiger partial charge >= 0.3 is 5.97 Å². The van der Waals surface area contributed by atoms with Gasteiger partial charge in [-0.1, -0.05) is 13.8 Å². The molecule has 4 heteroatoms. The van der Waals surface area contributed by atoms with E-state index in [1.54, 1.807) is 0 Å². The van der Waals surface area contributed by atoms with E-state index in [1.165, 1.54) is 18.4 Å². The van der Waals surface area contributed by atoms with E-state index in [1.807, 2.05) is 6.92 Å². The van der Waals surface area contributed by atoms with Crippen molar-refractivity contribution in [2.24, 2.45) is 0 Å². The van der Waals surface area contributed by atoms with E-state index in [0.717, 1.165) is 10.4 Å². The summed E-state index contributed by atoms with van der Waals surface area (Å²) < 4.78 is 4.68. The lowest BCUT2D eigenvalue weighted by molar-refractivity contribution is 0.0601. The molecule has 3 nitrogen and oxygen atoms in total. The third-order valence-corrected chi connectivity index (χ3v) is 3.55. The molecule has 0 fully saturated rings. The van der Waals surface area contributed by atoms with Crippen molar-refractivity contribution in [2.45, 2.75) is 26.7 Å². The summed E-state index contributed by atoms with van der Waals surface area (Å²) in [7, 11) is 1.37. The Morgan fingerprint density at radius 3 is 2.43 bits per heavy atom. The number of nitrogen functional groups attached to an aromatic ring is 1. The van der Waals surface area contributed by atoms with E-state index >= 15 is 0 Å². The van der Waals surface area contributed by atoms with Gasteiger partial charge in [-0.25, -0.2) is 4.79 Å². The van der Waals surface area contributed by atoms with Gasteiger partial charge < -0.3 is 10.5 Å². The largest absolute Gasteiger partial charge is 0.465 e. The second kappa shape index (κ2) is 4.00. The molecule has 0 aliphatic rings. The summed E-state index contributed by atoms with van der Waals surface area (Å²) in [5, 5.41) is 0.554. The van der Waals surface area contributed by atoms with Crippen LogP contribution in [-0.4, -0.2) is 13.1 Å². The summed E-state index contributed by atoms with van der Waals surface area (Å²) in [6, 6.07) is 0. The Bertz CT molecular complexity index is 355. The normalized spacial score (nSPS) is 10.6. The van der Waals surface area contributed by atoms with E-state index in [9.17, 15) is 4.79 Å². The van der Waals surface area contributed by atoms with Crippen LogP contribution in [0.1, 0.15) is 40.6 Å². The number of carbonyl (C=O) groups is 1. The summed E-state index contributed by atoms with van der Waals surface area (Å²) in [4.78, 5) is 12.6. The molecular formula is C10H15NO2S. The quantitative estimate of drug-likeness (QED) is 0.768. The van der Waals surface area contributed by atoms with Crippen LogP contribution < -0.4 is 5.73 Å². The summed E-state index contributed by atoms with van der Waals surface area (Å²) >= 11 is 1.47. The van der Waals surface area contributed by atoms with Crippen LogP contribution in [0.15, 0.2) is 0 Å². The standard InChI is InChI=1S/C10H15NO2S/c1-5(2)8-6(3)7(9(11)14-8)10(12)13-4/h5H,11H2,1-4H3. The molecule has 0 aliphatic heterocycles. The first-order chi connectivity index (χ1) is 6.49. The molecule has 0 spiro atoms. The number of nitrogens with two attached hydrogens (primary N) is 1. The number of methoxy groups -OCH3 is 1. The Morgan fingerprint density at radius 1 is 1.50 bits per heavy atom. The van der Waals surface area contributed by atoms with Gasteiger partial charge in [0.05, 0.1) is 12.7 Å². The highest BCUT2D eigenvalue weighted by Crippen LogP contribution is 2.35. The molecule has 1 aromatic heterocycles. The number of hydrogen-bond acceptors (Lipinski definition) is 4. The molecule has 1 heterocycles. The average molecular weight is 213 g/mol. The molecule has 2 N–H and O–H groups in total. The fraction of sp³-hybridized carbons (Fsp3) is 0.500. The van der Waals surface area contributed by atoms with Crippen molar-refractivity contribution >= 4 is 22.3 Å². The van der Waals surface area contributed by atoms with Crippen molar-refractivity contribution in [1.29, 1.82) is 0 Å². The van der Waals surface area contributed by atoms with Crippen LogP contribution in [0, 0.1) is 6.92 Å². The van der Waals surface area contributed by atoms with E-state index in [-0.39, 0.29) is 5.97 Å². The molecule has 78 valence electrons. The van der Waals surface area contributed by atoms with Gasteiger partial charge in [-0.15, -0.1) is 11.3 Å². The topological polar surface area (TPSA) is 52.3 Å². The highest BCUT2D eigenvalue weighted by atomic mass is 32.1. The zero-order valence-corrected chi connectivity index (χ0v) is 9.70. The number of thiophene rings is 1. The van der Waals surface area contributed by atoms with E-state index in [0.29, 0.717) is 16.5 Å². The van der Waals surface area contributed by atoms with Gasteiger partial charge in [-0.2, -0.15) is 0 Å². The van der Waals surface area contributed by atoms with Gasteiger partial charge in [0.1, 0.15) is 5.00 Å². The Hall–Kier alpha value is -1.03. The fourth-order valence-corrected chi connectivity index (χ4v) is 2.53. The lowest BCUT2D eigenvalue weighted by atomic mass is 10.1. The van der Waals surface area contributed by atoms with Crippen LogP contribution in [0.2, 0.25) is 0 Å². The zero-order chi connectivity index (χ0) is 10.9. The highest BCUT2D eigenvalue weighted by molar-refractivity contribution is 7.16. The minimum absolute atomic E-state index is 0.344. The van der Waals surface area contributed by atoms with Crippen molar-refractivity contribution < 1.29 is 9.53 Å². The second-order valence-electron chi connectivity index (χ2n) is 3.48. The van der Waals surface area contributed by atoms with Crippen LogP contribution in [0.3, 0.4) is 0 Å². The predicted molar refractivity (Wildman–Crippen MR) is 58.9 cm³/mol. The molecule has 0 radical (unpaired) electrons. The molecule has 0 saturated heterocycles. The summed E-state index contributed by atoms with van der Waals surface area (Å²) in [5.74, 6) is 0.0452. The zero-order valence-electron chi connectivity index (χ0n) is 8.88. The summed E-state index contributed by atoms with van der Waals surface area (Å²) in [5.41, 5.74) is 7.26. The van der Waals surface area contributed by atoms with Crippen molar-refractivity contribution in [3.63, 3.8) is 0 Å². The summed E-state index contributed by atoms with van der Waals surface area (Å²) in [6.07, 6.45) is 0. The molecule has 1 aromatic rings. The lowest BCUT2D eigenvalue weighted by Gasteiger charge is -2.03. The maximum Gasteiger partial charge on any atom is 0.341 e. The van der Waals surface area contributed by atoms with Gasteiger partial charge in [0.2, 0.25) is 0 Å². The smallest absolute Gasteiger partial charge is 0.341 e. The first-order valence-corrected chi connectivity index (χ1v) is 5.27. The number of ether oxygens (including phenoxy) is 1. The predicted octanol–water partition coefficient (Wildman–Crippen LogP) is 2.55. The minimum Gasteiger partial charge on any atom is -0.465 e. The monoisotopic (exact) mass is 213 g/mol. The molecule has 0 unspecified atom stereocenters. The van der Waals surface area contributed by atoms with Gasteiger partial charge in [0.15, 0.2) is 0 Å². The average Bonchev–Trinajstić information content (AvgIpc) is 2.41.